The molecule has 1 spiro atoms. The molecular weight excluding hydrogens is 384 g/mol. The predicted octanol–water partition coefficient (Wildman–Crippen LogP) is 1.15. The van der Waals surface area contributed by atoms with Gasteiger partial charge in [-0.25, -0.2) is 4.79 Å². The van der Waals surface area contributed by atoms with Crippen LogP contribution in [0.15, 0.2) is 24.3 Å². The zero-order valence-electron chi connectivity index (χ0n) is 17.6. The first-order valence-electron chi connectivity index (χ1n) is 10.7. The molecule has 2 aliphatic heterocycles. The Kier molecular flexibility index (Phi) is 5.58. The van der Waals surface area contributed by atoms with Gasteiger partial charge in [0.15, 0.2) is 0 Å². The zero-order valence-corrected chi connectivity index (χ0v) is 17.6. The standard InChI is InChI=1S/C22H30N4O4/c1-14(13-24-20(28)17-7-5-10-26(17)21(29)23-2)25-19(27)16-12-22(16)9-11-30-18-8-4-3-6-15(18)22/h3-4,6,8,14,16-17H,5,7,9-13H2,1-2H3,(H,23,29)(H,24,28)(H,25,27)/t14-,16-,17+,22-/m0/s1. The van der Waals surface area contributed by atoms with E-state index in [1.165, 1.54) is 0 Å². The van der Waals surface area contributed by atoms with Gasteiger partial charge in [-0.3, -0.25) is 9.59 Å². The second kappa shape index (κ2) is 8.16. The lowest BCUT2D eigenvalue weighted by molar-refractivity contribution is -0.126. The van der Waals surface area contributed by atoms with Crippen molar-refractivity contribution in [3.8, 4) is 5.75 Å². The Bertz CT molecular complexity index is 844. The van der Waals surface area contributed by atoms with Crippen LogP contribution in [0.5, 0.6) is 5.75 Å². The second-order valence-corrected chi connectivity index (χ2v) is 8.57. The van der Waals surface area contributed by atoms with Crippen LogP contribution in [-0.4, -0.2) is 61.6 Å². The highest BCUT2D eigenvalue weighted by molar-refractivity contribution is 5.88. The van der Waals surface area contributed by atoms with Crippen molar-refractivity contribution in [2.75, 3.05) is 26.7 Å². The Morgan fingerprint density at radius 2 is 2.07 bits per heavy atom. The van der Waals surface area contributed by atoms with Crippen LogP contribution >= 0.6 is 0 Å². The quantitative estimate of drug-likeness (QED) is 0.673. The minimum atomic E-state index is -0.446. The summed E-state index contributed by atoms with van der Waals surface area (Å²) in [5.74, 6) is 0.690. The van der Waals surface area contributed by atoms with Gasteiger partial charge in [-0.05, 0) is 38.7 Å². The predicted molar refractivity (Wildman–Crippen MR) is 111 cm³/mol. The molecule has 8 heteroatoms. The van der Waals surface area contributed by atoms with Crippen LogP contribution in [0.1, 0.15) is 38.2 Å². The molecule has 0 bridgehead atoms. The molecule has 162 valence electrons. The Balaban J connectivity index is 1.28. The summed E-state index contributed by atoms with van der Waals surface area (Å²) in [6.07, 6.45) is 3.16. The topological polar surface area (TPSA) is 99.8 Å². The molecule has 4 amide bonds. The van der Waals surface area contributed by atoms with Gasteiger partial charge < -0.3 is 25.6 Å². The van der Waals surface area contributed by atoms with E-state index in [2.05, 4.69) is 22.0 Å². The third kappa shape index (κ3) is 3.70. The van der Waals surface area contributed by atoms with Crippen LogP contribution in [0, 0.1) is 5.92 Å². The average molecular weight is 415 g/mol. The molecule has 1 saturated carbocycles. The minimum Gasteiger partial charge on any atom is -0.493 e. The van der Waals surface area contributed by atoms with Crippen molar-refractivity contribution in [1.29, 1.82) is 0 Å². The Hall–Kier alpha value is -2.77. The van der Waals surface area contributed by atoms with E-state index in [1.807, 2.05) is 25.1 Å². The third-order valence-corrected chi connectivity index (χ3v) is 6.62. The summed E-state index contributed by atoms with van der Waals surface area (Å²) in [5, 5.41) is 8.52. The number of urea groups is 1. The fourth-order valence-corrected chi connectivity index (χ4v) is 4.90. The van der Waals surface area contributed by atoms with E-state index in [1.54, 1.807) is 11.9 Å². The van der Waals surface area contributed by atoms with E-state index in [0.717, 1.165) is 30.6 Å². The number of fused-ring (bicyclic) bond motifs is 2. The number of nitrogens with one attached hydrogen (secondary N) is 3. The van der Waals surface area contributed by atoms with E-state index >= 15 is 0 Å². The van der Waals surface area contributed by atoms with E-state index < -0.39 is 6.04 Å². The highest BCUT2D eigenvalue weighted by atomic mass is 16.5. The van der Waals surface area contributed by atoms with E-state index in [9.17, 15) is 14.4 Å². The average Bonchev–Trinajstić information content (AvgIpc) is 3.25. The normalized spacial score (nSPS) is 27.6. The van der Waals surface area contributed by atoms with Gasteiger partial charge in [-0.15, -0.1) is 0 Å². The van der Waals surface area contributed by atoms with Crippen LogP contribution in [-0.2, 0) is 15.0 Å². The Labute approximate surface area is 176 Å². The van der Waals surface area contributed by atoms with Crippen molar-refractivity contribution in [2.24, 2.45) is 5.92 Å². The Morgan fingerprint density at radius 3 is 2.87 bits per heavy atom. The van der Waals surface area contributed by atoms with Crippen LogP contribution < -0.4 is 20.7 Å². The second-order valence-electron chi connectivity index (χ2n) is 8.57. The van der Waals surface area contributed by atoms with Crippen molar-refractivity contribution in [3.05, 3.63) is 29.8 Å². The smallest absolute Gasteiger partial charge is 0.317 e. The van der Waals surface area contributed by atoms with Gasteiger partial charge in [0.25, 0.3) is 0 Å². The third-order valence-electron chi connectivity index (χ3n) is 6.62. The van der Waals surface area contributed by atoms with Crippen molar-refractivity contribution in [1.82, 2.24) is 20.9 Å². The Morgan fingerprint density at radius 1 is 1.27 bits per heavy atom. The molecule has 4 atom stereocenters. The fraction of sp³-hybridized carbons (Fsp3) is 0.591. The molecule has 8 nitrogen and oxygen atoms in total. The van der Waals surface area contributed by atoms with E-state index in [4.69, 9.17) is 4.74 Å². The van der Waals surface area contributed by atoms with Gasteiger partial charge >= 0.3 is 6.03 Å². The number of carbonyl (C=O) groups excluding carboxylic acids is 3. The lowest BCUT2D eigenvalue weighted by Gasteiger charge is -2.27. The number of hydrogen-bond acceptors (Lipinski definition) is 4. The van der Waals surface area contributed by atoms with Crippen molar-refractivity contribution in [2.45, 2.75) is 50.1 Å². The van der Waals surface area contributed by atoms with Crippen molar-refractivity contribution < 1.29 is 19.1 Å². The molecule has 4 rings (SSSR count). The molecular formula is C22H30N4O4. The number of nitrogens with zero attached hydrogens (tertiary/aromatic N) is 1. The summed E-state index contributed by atoms with van der Waals surface area (Å²) in [7, 11) is 1.56. The molecule has 0 unspecified atom stereocenters. The van der Waals surface area contributed by atoms with E-state index in [0.29, 0.717) is 26.1 Å². The molecule has 3 N–H and O–H groups in total. The van der Waals surface area contributed by atoms with Crippen molar-refractivity contribution >= 4 is 17.8 Å². The summed E-state index contributed by atoms with van der Waals surface area (Å²) in [6.45, 7) is 3.44. The molecule has 3 aliphatic rings. The number of ether oxygens (including phenoxy) is 1. The van der Waals surface area contributed by atoms with Crippen LogP contribution in [0.2, 0.25) is 0 Å². The maximum absolute atomic E-state index is 12.9. The molecule has 1 saturated heterocycles. The fourth-order valence-electron chi connectivity index (χ4n) is 4.90. The highest BCUT2D eigenvalue weighted by Crippen LogP contribution is 2.60. The number of para-hydroxylation sites is 1. The number of likely N-dealkylation sites (tertiary alicyclic amines) is 1. The first-order chi connectivity index (χ1) is 14.5. The molecule has 1 aliphatic carbocycles. The first kappa shape index (κ1) is 20.5. The number of amides is 4. The summed E-state index contributed by atoms with van der Waals surface area (Å²) >= 11 is 0. The first-order valence-corrected chi connectivity index (χ1v) is 10.7. The van der Waals surface area contributed by atoms with Gasteiger partial charge in [-0.1, -0.05) is 18.2 Å². The molecule has 1 aromatic carbocycles. The number of carbonyl (C=O) groups is 3. The summed E-state index contributed by atoms with van der Waals surface area (Å²) in [5.41, 5.74) is 1.02. The van der Waals surface area contributed by atoms with Crippen molar-refractivity contribution in [3.63, 3.8) is 0 Å². The van der Waals surface area contributed by atoms with Crippen LogP contribution in [0.4, 0.5) is 4.79 Å². The molecule has 2 heterocycles. The van der Waals surface area contributed by atoms with Gasteiger partial charge in [0.2, 0.25) is 11.8 Å². The van der Waals surface area contributed by atoms with Crippen LogP contribution in [0.25, 0.3) is 0 Å². The lowest BCUT2D eigenvalue weighted by Crippen LogP contribution is -2.51. The van der Waals surface area contributed by atoms with Gasteiger partial charge in [-0.2, -0.15) is 0 Å². The number of hydrogen-bond donors (Lipinski definition) is 3. The summed E-state index contributed by atoms with van der Waals surface area (Å²) in [6, 6.07) is 7.10. The number of rotatable bonds is 5. The minimum absolute atomic E-state index is 0.0290. The lowest BCUT2D eigenvalue weighted by atomic mass is 9.87. The maximum Gasteiger partial charge on any atom is 0.317 e. The molecule has 0 radical (unpaired) electrons. The van der Waals surface area contributed by atoms with Gasteiger partial charge in [0.1, 0.15) is 11.8 Å². The molecule has 0 aromatic heterocycles. The van der Waals surface area contributed by atoms with Gasteiger partial charge in [0, 0.05) is 43.1 Å². The molecule has 30 heavy (non-hydrogen) atoms. The van der Waals surface area contributed by atoms with Gasteiger partial charge in [0.05, 0.1) is 6.61 Å². The highest BCUT2D eigenvalue weighted by Gasteiger charge is 2.61. The monoisotopic (exact) mass is 414 g/mol. The summed E-state index contributed by atoms with van der Waals surface area (Å²) < 4.78 is 5.74. The molecule has 2 fully saturated rings. The number of benzene rings is 1. The van der Waals surface area contributed by atoms with E-state index in [-0.39, 0.29) is 35.2 Å². The van der Waals surface area contributed by atoms with Crippen LogP contribution in [0.3, 0.4) is 0 Å². The summed E-state index contributed by atoms with van der Waals surface area (Å²) in [4.78, 5) is 38.9. The molecule has 1 aromatic rings. The largest absolute Gasteiger partial charge is 0.493 e. The zero-order chi connectivity index (χ0) is 21.3. The maximum atomic E-state index is 12.9. The SMILES string of the molecule is CNC(=O)N1CCC[C@@H]1C(=O)NC[C@H](C)NC(=O)[C@@H]1C[C@]12CCOc1ccccc12.